The predicted octanol–water partition coefficient (Wildman–Crippen LogP) is 4.62. The van der Waals surface area contributed by atoms with Crippen molar-refractivity contribution in [2.45, 2.75) is 16.7 Å². The Hall–Kier alpha value is -2.59. The van der Waals surface area contributed by atoms with Gasteiger partial charge in [-0.2, -0.15) is 0 Å². The Labute approximate surface area is 136 Å². The molecule has 0 saturated carbocycles. The van der Waals surface area contributed by atoms with Crippen molar-refractivity contribution in [2.24, 2.45) is 0 Å². The van der Waals surface area contributed by atoms with Crippen LogP contribution in [-0.4, -0.2) is 8.42 Å². The van der Waals surface area contributed by atoms with Gasteiger partial charge in [0, 0.05) is 0 Å². The van der Waals surface area contributed by atoms with E-state index in [4.69, 9.17) is 4.74 Å². The normalized spacial score (nSPS) is 11.2. The first-order chi connectivity index (χ1) is 11.1. The molecule has 0 N–H and O–H groups in total. The highest BCUT2D eigenvalue weighted by atomic mass is 32.2. The fraction of sp³-hybridized carbons (Fsp3) is 0.0526. The van der Waals surface area contributed by atoms with E-state index in [0.29, 0.717) is 5.75 Å². The van der Waals surface area contributed by atoms with Gasteiger partial charge in [-0.15, -0.1) is 0 Å². The molecule has 3 aromatic carbocycles. The van der Waals surface area contributed by atoms with E-state index < -0.39 is 9.84 Å². The third kappa shape index (κ3) is 3.27. The van der Waals surface area contributed by atoms with Gasteiger partial charge < -0.3 is 4.74 Å². The Morgan fingerprint density at radius 2 is 1.26 bits per heavy atom. The quantitative estimate of drug-likeness (QED) is 0.703. The number of rotatable bonds is 4. The van der Waals surface area contributed by atoms with Crippen molar-refractivity contribution in [1.82, 2.24) is 0 Å². The second-order valence-corrected chi connectivity index (χ2v) is 7.11. The van der Waals surface area contributed by atoms with Crippen LogP contribution < -0.4 is 4.74 Å². The van der Waals surface area contributed by atoms with Crippen molar-refractivity contribution in [3.8, 4) is 11.5 Å². The second kappa shape index (κ2) is 6.26. The van der Waals surface area contributed by atoms with Gasteiger partial charge in [0.15, 0.2) is 0 Å². The summed E-state index contributed by atoms with van der Waals surface area (Å²) in [6.07, 6.45) is 0. The standard InChI is InChI=1S/C19H16O3S/c1-15-7-5-6-10-19(15)22-16-11-13-18(14-12-16)23(20,21)17-8-3-2-4-9-17/h2-14H,1H3. The van der Waals surface area contributed by atoms with Gasteiger partial charge in [0.25, 0.3) is 0 Å². The molecule has 0 aliphatic heterocycles. The summed E-state index contributed by atoms with van der Waals surface area (Å²) in [5.74, 6) is 1.36. The first-order valence-corrected chi connectivity index (χ1v) is 8.69. The van der Waals surface area contributed by atoms with Crippen LogP contribution >= 0.6 is 0 Å². The van der Waals surface area contributed by atoms with Crippen LogP contribution in [0.1, 0.15) is 5.56 Å². The summed E-state index contributed by atoms with van der Waals surface area (Å²) in [5, 5.41) is 0. The second-order valence-electron chi connectivity index (χ2n) is 5.16. The molecule has 0 heterocycles. The van der Waals surface area contributed by atoms with Crippen molar-refractivity contribution >= 4 is 9.84 Å². The summed E-state index contributed by atoms with van der Waals surface area (Å²) in [6, 6.07) is 22.5. The highest BCUT2D eigenvalue weighted by molar-refractivity contribution is 7.91. The number of benzene rings is 3. The molecule has 0 aromatic heterocycles. The Kier molecular flexibility index (Phi) is 4.17. The van der Waals surface area contributed by atoms with E-state index in [1.165, 1.54) is 0 Å². The van der Waals surface area contributed by atoms with Gasteiger partial charge in [-0.1, -0.05) is 36.4 Å². The van der Waals surface area contributed by atoms with Crippen LogP contribution in [0.5, 0.6) is 11.5 Å². The summed E-state index contributed by atoms with van der Waals surface area (Å²) in [7, 11) is -3.49. The maximum Gasteiger partial charge on any atom is 0.206 e. The van der Waals surface area contributed by atoms with Gasteiger partial charge in [-0.05, 0) is 55.0 Å². The molecule has 0 fully saturated rings. The van der Waals surface area contributed by atoms with Crippen LogP contribution in [0.3, 0.4) is 0 Å². The molecule has 0 unspecified atom stereocenters. The summed E-state index contributed by atoms with van der Waals surface area (Å²) in [5.41, 5.74) is 1.02. The molecule has 3 aromatic rings. The topological polar surface area (TPSA) is 43.4 Å². The lowest BCUT2D eigenvalue weighted by atomic mass is 10.2. The molecular weight excluding hydrogens is 308 g/mol. The Morgan fingerprint density at radius 1 is 0.696 bits per heavy atom. The molecule has 0 spiro atoms. The van der Waals surface area contributed by atoms with Crippen LogP contribution in [0.25, 0.3) is 0 Å². The van der Waals surface area contributed by atoms with Gasteiger partial charge >= 0.3 is 0 Å². The highest BCUT2D eigenvalue weighted by Crippen LogP contribution is 2.27. The Balaban J connectivity index is 1.87. The monoisotopic (exact) mass is 324 g/mol. The molecule has 23 heavy (non-hydrogen) atoms. The SMILES string of the molecule is Cc1ccccc1Oc1ccc(S(=O)(=O)c2ccccc2)cc1. The van der Waals surface area contributed by atoms with Gasteiger partial charge in [0.1, 0.15) is 11.5 Å². The summed E-state index contributed by atoms with van der Waals surface area (Å²) in [6.45, 7) is 1.96. The van der Waals surface area contributed by atoms with Crippen molar-refractivity contribution in [3.63, 3.8) is 0 Å². The maximum absolute atomic E-state index is 12.5. The highest BCUT2D eigenvalue weighted by Gasteiger charge is 2.17. The molecule has 0 aliphatic carbocycles. The largest absolute Gasteiger partial charge is 0.457 e. The molecule has 0 amide bonds. The molecular formula is C19H16O3S. The molecule has 0 aliphatic rings. The summed E-state index contributed by atoms with van der Waals surface area (Å²) >= 11 is 0. The molecule has 3 rings (SSSR count). The van der Waals surface area contributed by atoms with E-state index in [-0.39, 0.29) is 9.79 Å². The number of para-hydroxylation sites is 1. The van der Waals surface area contributed by atoms with Crippen molar-refractivity contribution in [2.75, 3.05) is 0 Å². The minimum Gasteiger partial charge on any atom is -0.457 e. The van der Waals surface area contributed by atoms with Crippen LogP contribution in [0, 0.1) is 6.92 Å². The van der Waals surface area contributed by atoms with Gasteiger partial charge in [-0.3, -0.25) is 0 Å². The van der Waals surface area contributed by atoms with E-state index in [9.17, 15) is 8.42 Å². The molecule has 116 valence electrons. The van der Waals surface area contributed by atoms with Gasteiger partial charge in [0.05, 0.1) is 9.79 Å². The zero-order valence-electron chi connectivity index (χ0n) is 12.6. The minimum atomic E-state index is -3.49. The van der Waals surface area contributed by atoms with E-state index in [1.54, 1.807) is 54.6 Å². The van der Waals surface area contributed by atoms with Gasteiger partial charge in [0.2, 0.25) is 9.84 Å². The smallest absolute Gasteiger partial charge is 0.206 e. The van der Waals surface area contributed by atoms with E-state index >= 15 is 0 Å². The molecule has 4 heteroatoms. The average Bonchev–Trinajstić information content (AvgIpc) is 2.58. The fourth-order valence-electron chi connectivity index (χ4n) is 2.22. The molecule has 0 atom stereocenters. The van der Waals surface area contributed by atoms with Crippen molar-refractivity contribution in [3.05, 3.63) is 84.4 Å². The summed E-state index contributed by atoms with van der Waals surface area (Å²) in [4.78, 5) is 0.536. The molecule has 0 bridgehead atoms. The van der Waals surface area contributed by atoms with Crippen LogP contribution in [-0.2, 0) is 9.84 Å². The predicted molar refractivity (Wildman–Crippen MR) is 89.6 cm³/mol. The van der Waals surface area contributed by atoms with Crippen LogP contribution in [0.15, 0.2) is 88.7 Å². The van der Waals surface area contributed by atoms with E-state index in [1.807, 2.05) is 31.2 Å². The number of hydrogen-bond donors (Lipinski definition) is 0. The van der Waals surface area contributed by atoms with E-state index in [2.05, 4.69) is 0 Å². The lowest BCUT2D eigenvalue weighted by Gasteiger charge is -2.09. The summed E-state index contributed by atoms with van der Waals surface area (Å²) < 4.78 is 30.8. The molecule has 0 saturated heterocycles. The molecule has 0 radical (unpaired) electrons. The third-order valence-corrected chi connectivity index (χ3v) is 5.29. The minimum absolute atomic E-state index is 0.251. The zero-order valence-corrected chi connectivity index (χ0v) is 13.5. The van der Waals surface area contributed by atoms with Crippen molar-refractivity contribution in [1.29, 1.82) is 0 Å². The number of sulfone groups is 1. The average molecular weight is 324 g/mol. The number of ether oxygens (including phenoxy) is 1. The third-order valence-electron chi connectivity index (χ3n) is 3.51. The van der Waals surface area contributed by atoms with Crippen molar-refractivity contribution < 1.29 is 13.2 Å². The number of hydrogen-bond acceptors (Lipinski definition) is 3. The van der Waals surface area contributed by atoms with Crippen LogP contribution in [0.4, 0.5) is 0 Å². The van der Waals surface area contributed by atoms with E-state index in [0.717, 1.165) is 11.3 Å². The molecule has 3 nitrogen and oxygen atoms in total. The first kappa shape index (κ1) is 15.3. The fourth-order valence-corrected chi connectivity index (χ4v) is 3.50. The Morgan fingerprint density at radius 3 is 1.91 bits per heavy atom. The number of aryl methyl sites for hydroxylation is 1. The lowest BCUT2D eigenvalue weighted by Crippen LogP contribution is -2.01. The first-order valence-electron chi connectivity index (χ1n) is 7.21. The maximum atomic E-state index is 12.5. The van der Waals surface area contributed by atoms with Crippen LogP contribution in [0.2, 0.25) is 0 Å². The Bertz CT molecular complexity index is 899. The lowest BCUT2D eigenvalue weighted by molar-refractivity contribution is 0.478. The van der Waals surface area contributed by atoms with Gasteiger partial charge in [-0.25, -0.2) is 8.42 Å². The zero-order chi connectivity index (χ0) is 16.3.